The number of furan rings is 2. The van der Waals surface area contributed by atoms with Crippen LogP contribution < -0.4 is 0 Å². The molecule has 0 N–H and O–H groups in total. The van der Waals surface area contributed by atoms with E-state index in [-0.39, 0.29) is 0 Å². The van der Waals surface area contributed by atoms with Crippen LogP contribution in [0.1, 0.15) is 0 Å². The average Bonchev–Trinajstić information content (AvgIpc) is 4.01. The van der Waals surface area contributed by atoms with Crippen LogP contribution in [0.3, 0.4) is 0 Å². The van der Waals surface area contributed by atoms with Crippen molar-refractivity contribution in [3.8, 4) is 51.0 Å². The first kappa shape index (κ1) is 33.6. The fourth-order valence-corrected chi connectivity index (χ4v) is 9.23. The van der Waals surface area contributed by atoms with Crippen molar-refractivity contribution in [2.24, 2.45) is 0 Å². The summed E-state index contributed by atoms with van der Waals surface area (Å²) in [5, 5.41) is 9.15. The molecule has 61 heavy (non-hydrogen) atoms. The number of aromatic nitrogens is 4. The highest BCUT2D eigenvalue weighted by molar-refractivity contribution is 6.23. The monoisotopic (exact) mass is 780 g/mol. The standard InChI is InChI=1S/C55H32N4O2/c1-2-13-34(14-3-1)53-56-54(58-55(57-53)37-24-27-43-41-18-6-8-22-47(41)61-50(43)32-37)36-15-10-16-38(30-36)59-46-28-25-33-12-4-5-17-39(33)51(46)44-21-11-20-40(52(44)59)35-26-29-49-45(31-35)42-19-7-9-23-48(42)60-49/h1-32H. The predicted molar refractivity (Wildman–Crippen MR) is 248 cm³/mol. The van der Waals surface area contributed by atoms with Gasteiger partial charge in [0.05, 0.1) is 11.0 Å². The van der Waals surface area contributed by atoms with Crippen molar-refractivity contribution in [2.45, 2.75) is 0 Å². The van der Waals surface area contributed by atoms with Crippen molar-refractivity contribution in [2.75, 3.05) is 0 Å². The Balaban J connectivity index is 1.04. The largest absolute Gasteiger partial charge is 0.456 e. The van der Waals surface area contributed by atoms with Crippen molar-refractivity contribution in [3.63, 3.8) is 0 Å². The lowest BCUT2D eigenvalue weighted by molar-refractivity contribution is 0.668. The van der Waals surface area contributed by atoms with Gasteiger partial charge in [-0.3, -0.25) is 0 Å². The molecule has 0 aliphatic heterocycles. The summed E-state index contributed by atoms with van der Waals surface area (Å²) in [4.78, 5) is 15.4. The molecule has 9 aromatic carbocycles. The smallest absolute Gasteiger partial charge is 0.164 e. The van der Waals surface area contributed by atoms with E-state index in [9.17, 15) is 0 Å². The molecule has 0 spiro atoms. The number of hydrogen-bond donors (Lipinski definition) is 0. The van der Waals surface area contributed by atoms with Crippen LogP contribution in [-0.4, -0.2) is 19.5 Å². The molecule has 0 unspecified atom stereocenters. The summed E-state index contributed by atoms with van der Waals surface area (Å²) in [5.41, 5.74) is 11.5. The first-order chi connectivity index (χ1) is 30.2. The third kappa shape index (κ3) is 5.26. The van der Waals surface area contributed by atoms with Gasteiger partial charge in [0.2, 0.25) is 0 Å². The second-order valence-electron chi connectivity index (χ2n) is 15.6. The van der Waals surface area contributed by atoms with Gasteiger partial charge in [-0.1, -0.05) is 140 Å². The van der Waals surface area contributed by atoms with Crippen molar-refractivity contribution in [3.05, 3.63) is 194 Å². The predicted octanol–water partition coefficient (Wildman–Crippen LogP) is 14.6. The molecule has 0 aliphatic rings. The molecular weight excluding hydrogens is 749 g/mol. The number of nitrogens with zero attached hydrogens (tertiary/aromatic N) is 4. The number of benzene rings is 9. The Hall–Kier alpha value is -8.35. The molecule has 0 saturated heterocycles. The molecule has 0 saturated carbocycles. The Morgan fingerprint density at radius 1 is 0.344 bits per heavy atom. The van der Waals surface area contributed by atoms with Crippen LogP contribution >= 0.6 is 0 Å². The maximum atomic E-state index is 6.30. The zero-order chi connectivity index (χ0) is 40.0. The molecule has 13 rings (SSSR count). The maximum absolute atomic E-state index is 6.30. The van der Waals surface area contributed by atoms with E-state index < -0.39 is 0 Å². The molecule has 0 amide bonds. The van der Waals surface area contributed by atoms with E-state index in [2.05, 4.69) is 132 Å². The van der Waals surface area contributed by atoms with E-state index in [1.54, 1.807) is 0 Å². The Morgan fingerprint density at radius 3 is 1.75 bits per heavy atom. The Labute approximate surface area is 348 Å². The maximum Gasteiger partial charge on any atom is 0.164 e. The van der Waals surface area contributed by atoms with Crippen molar-refractivity contribution < 1.29 is 8.83 Å². The summed E-state index contributed by atoms with van der Waals surface area (Å²) in [6.07, 6.45) is 0. The lowest BCUT2D eigenvalue weighted by Crippen LogP contribution is -2.01. The van der Waals surface area contributed by atoms with Crippen LogP contribution in [0.5, 0.6) is 0 Å². The van der Waals surface area contributed by atoms with Gasteiger partial charge < -0.3 is 13.4 Å². The minimum Gasteiger partial charge on any atom is -0.456 e. The molecule has 284 valence electrons. The fraction of sp³-hybridized carbons (Fsp3) is 0. The summed E-state index contributed by atoms with van der Waals surface area (Å²) in [5.74, 6) is 1.76. The van der Waals surface area contributed by atoms with Crippen LogP contribution in [0.25, 0.3) is 127 Å². The quantitative estimate of drug-likeness (QED) is 0.174. The second-order valence-corrected chi connectivity index (χ2v) is 15.6. The lowest BCUT2D eigenvalue weighted by Gasteiger charge is -2.14. The van der Waals surface area contributed by atoms with E-state index in [4.69, 9.17) is 23.8 Å². The van der Waals surface area contributed by atoms with Crippen molar-refractivity contribution >= 4 is 76.5 Å². The summed E-state index contributed by atoms with van der Waals surface area (Å²) in [6.45, 7) is 0. The minimum atomic E-state index is 0.574. The normalized spacial score (nSPS) is 11.9. The first-order valence-electron chi connectivity index (χ1n) is 20.4. The zero-order valence-electron chi connectivity index (χ0n) is 32.6. The van der Waals surface area contributed by atoms with Crippen LogP contribution in [0, 0.1) is 0 Å². The fourth-order valence-electron chi connectivity index (χ4n) is 9.23. The van der Waals surface area contributed by atoms with Gasteiger partial charge in [0.15, 0.2) is 17.5 Å². The van der Waals surface area contributed by atoms with E-state index in [0.717, 1.165) is 88.4 Å². The number of hydrogen-bond acceptors (Lipinski definition) is 5. The van der Waals surface area contributed by atoms with Gasteiger partial charge in [0, 0.05) is 60.3 Å². The number of para-hydroxylation sites is 3. The highest BCUT2D eigenvalue weighted by Gasteiger charge is 2.21. The third-order valence-electron chi connectivity index (χ3n) is 12.0. The van der Waals surface area contributed by atoms with Crippen molar-refractivity contribution in [1.82, 2.24) is 19.5 Å². The van der Waals surface area contributed by atoms with Gasteiger partial charge in [-0.25, -0.2) is 15.0 Å². The molecule has 0 aliphatic carbocycles. The van der Waals surface area contributed by atoms with Gasteiger partial charge in [-0.05, 0) is 70.9 Å². The second kappa shape index (κ2) is 13.1. The lowest BCUT2D eigenvalue weighted by atomic mass is 9.98. The van der Waals surface area contributed by atoms with Gasteiger partial charge in [-0.2, -0.15) is 0 Å². The average molecular weight is 781 g/mol. The number of rotatable bonds is 5. The Bertz CT molecular complexity index is 3900. The Morgan fingerprint density at radius 2 is 0.934 bits per heavy atom. The Kier molecular flexibility index (Phi) is 7.21. The van der Waals surface area contributed by atoms with Crippen LogP contribution in [0.2, 0.25) is 0 Å². The number of fused-ring (bicyclic) bond motifs is 11. The molecule has 0 fully saturated rings. The highest BCUT2D eigenvalue weighted by Crippen LogP contribution is 2.43. The van der Waals surface area contributed by atoms with Crippen LogP contribution in [-0.2, 0) is 0 Å². The SMILES string of the molecule is c1ccc(-c2nc(-c3cccc(-n4c5ccc6ccccc6c5c5cccc(-c6ccc7oc8ccccc8c7c6)c54)c3)nc(-c3ccc4c(c3)oc3ccccc34)n2)cc1. The molecule has 6 nitrogen and oxygen atoms in total. The molecule has 4 heterocycles. The van der Waals surface area contributed by atoms with E-state index in [1.165, 1.54) is 21.5 Å². The highest BCUT2D eigenvalue weighted by atomic mass is 16.3. The van der Waals surface area contributed by atoms with Gasteiger partial charge >= 0.3 is 0 Å². The summed E-state index contributed by atoms with van der Waals surface area (Å²) in [7, 11) is 0. The summed E-state index contributed by atoms with van der Waals surface area (Å²) < 4.78 is 15.0. The molecular formula is C55H32N4O2. The van der Waals surface area contributed by atoms with Crippen LogP contribution in [0.15, 0.2) is 203 Å². The van der Waals surface area contributed by atoms with E-state index in [1.807, 2.05) is 66.7 Å². The molecule has 6 heteroatoms. The minimum absolute atomic E-state index is 0.574. The molecule has 0 radical (unpaired) electrons. The van der Waals surface area contributed by atoms with Gasteiger partial charge in [0.25, 0.3) is 0 Å². The van der Waals surface area contributed by atoms with Crippen molar-refractivity contribution in [1.29, 1.82) is 0 Å². The van der Waals surface area contributed by atoms with Gasteiger partial charge in [-0.15, -0.1) is 0 Å². The topological polar surface area (TPSA) is 69.9 Å². The third-order valence-corrected chi connectivity index (χ3v) is 12.0. The first-order valence-corrected chi connectivity index (χ1v) is 20.4. The van der Waals surface area contributed by atoms with Crippen LogP contribution in [0.4, 0.5) is 0 Å². The van der Waals surface area contributed by atoms with E-state index in [0.29, 0.717) is 17.5 Å². The van der Waals surface area contributed by atoms with E-state index >= 15 is 0 Å². The molecule has 0 atom stereocenters. The van der Waals surface area contributed by atoms with Gasteiger partial charge in [0.1, 0.15) is 22.3 Å². The summed E-state index contributed by atoms with van der Waals surface area (Å²) >= 11 is 0. The zero-order valence-corrected chi connectivity index (χ0v) is 32.6. The molecule has 4 aromatic heterocycles. The summed E-state index contributed by atoms with van der Waals surface area (Å²) in [6, 6.07) is 67.6. The molecule has 0 bridgehead atoms. The molecule has 13 aromatic rings.